The van der Waals surface area contributed by atoms with E-state index >= 15 is 0 Å². The molecular weight excluding hydrogens is 561 g/mol. The Kier molecular flexibility index (Phi) is 8.97. The number of alkyl halides is 3. The van der Waals surface area contributed by atoms with Gasteiger partial charge in [0.2, 0.25) is 16.0 Å². The molecule has 11 nitrogen and oxygen atoms in total. The number of hydrogen-bond acceptors (Lipinski definition) is 9. The summed E-state index contributed by atoms with van der Waals surface area (Å²) in [4.78, 5) is 28.3. The van der Waals surface area contributed by atoms with Crippen molar-refractivity contribution in [2.45, 2.75) is 26.2 Å². The normalized spacial score (nSPS) is 11.5. The van der Waals surface area contributed by atoms with Gasteiger partial charge < -0.3 is 16.0 Å². The molecule has 4 rings (SSSR count). The first kappa shape index (κ1) is 29.2. The van der Waals surface area contributed by atoms with Crippen molar-refractivity contribution in [3.63, 3.8) is 0 Å². The minimum atomic E-state index is -4.76. The second kappa shape index (κ2) is 12.6. The molecule has 1 amide bonds. The van der Waals surface area contributed by atoms with Gasteiger partial charge in [0, 0.05) is 41.9 Å². The van der Waals surface area contributed by atoms with Gasteiger partial charge in [-0.1, -0.05) is 12.1 Å². The van der Waals surface area contributed by atoms with Crippen LogP contribution in [0.3, 0.4) is 0 Å². The van der Waals surface area contributed by atoms with Crippen LogP contribution in [0.15, 0.2) is 73.2 Å². The van der Waals surface area contributed by atoms with Crippen LogP contribution < -0.4 is 20.7 Å². The molecule has 0 unspecified atom stereocenters. The van der Waals surface area contributed by atoms with Gasteiger partial charge in [0.05, 0.1) is 18.0 Å². The van der Waals surface area contributed by atoms with Gasteiger partial charge in [0.1, 0.15) is 17.2 Å². The van der Waals surface area contributed by atoms with Crippen molar-refractivity contribution >= 4 is 39.2 Å². The van der Waals surface area contributed by atoms with Gasteiger partial charge in [0.15, 0.2) is 0 Å². The molecule has 3 aromatic heterocycles. The summed E-state index contributed by atoms with van der Waals surface area (Å²) in [6, 6.07) is 14.6. The third kappa shape index (κ3) is 8.11. The van der Waals surface area contributed by atoms with Crippen molar-refractivity contribution in [1.29, 1.82) is 0 Å². The number of nitrogens with one attached hydrogen (secondary N) is 4. The second-order valence-corrected chi connectivity index (χ2v) is 10.5. The van der Waals surface area contributed by atoms with Gasteiger partial charge in [-0.15, -0.1) is 0 Å². The van der Waals surface area contributed by atoms with E-state index in [2.05, 4.69) is 40.6 Å². The number of nitrogens with zero attached hydrogens (tertiary/aromatic N) is 4. The zero-order valence-corrected chi connectivity index (χ0v) is 22.4. The predicted molar refractivity (Wildman–Crippen MR) is 147 cm³/mol. The Morgan fingerprint density at radius 3 is 2.34 bits per heavy atom. The van der Waals surface area contributed by atoms with E-state index in [9.17, 15) is 26.4 Å². The van der Waals surface area contributed by atoms with Crippen LogP contribution >= 0.6 is 0 Å². The average molecular weight is 587 g/mol. The molecule has 0 aliphatic heterocycles. The van der Waals surface area contributed by atoms with Crippen molar-refractivity contribution in [2.24, 2.45) is 0 Å². The van der Waals surface area contributed by atoms with Crippen molar-refractivity contribution in [3.05, 3.63) is 95.6 Å². The van der Waals surface area contributed by atoms with E-state index in [0.29, 0.717) is 28.7 Å². The van der Waals surface area contributed by atoms with Gasteiger partial charge in [-0.2, -0.15) is 18.2 Å². The minimum absolute atomic E-state index is 0.00743. The standard InChI is InChI=1S/C26H25F3N8O3S/c1-2-41(39,40)37-22-18(6-5-13-31-22)14-32-23-21(26(27,28)29)16-34-25(36-23)35-19-10-8-17(9-11-19)24(38)33-15-20-7-3-4-12-30-20/h3-13,16H,2,14-15H2,1H3,(H,31,37)(H,33,38)(H2,32,34,35,36). The lowest BCUT2D eigenvalue weighted by Gasteiger charge is -2.16. The number of rotatable bonds is 11. The quantitative estimate of drug-likeness (QED) is 0.201. The van der Waals surface area contributed by atoms with Gasteiger partial charge in [0.25, 0.3) is 5.91 Å². The van der Waals surface area contributed by atoms with E-state index in [4.69, 9.17) is 0 Å². The maximum absolute atomic E-state index is 13.7. The monoisotopic (exact) mass is 586 g/mol. The van der Waals surface area contributed by atoms with Crippen LogP contribution in [0.4, 0.5) is 36.4 Å². The Morgan fingerprint density at radius 1 is 0.902 bits per heavy atom. The highest BCUT2D eigenvalue weighted by Gasteiger charge is 2.35. The number of carbonyl (C=O) groups is 1. The Hall–Kier alpha value is -4.79. The molecule has 41 heavy (non-hydrogen) atoms. The molecule has 0 radical (unpaired) electrons. The lowest BCUT2D eigenvalue weighted by molar-refractivity contribution is -0.137. The van der Waals surface area contributed by atoms with Gasteiger partial charge >= 0.3 is 6.18 Å². The number of hydrogen-bond donors (Lipinski definition) is 4. The van der Waals surface area contributed by atoms with E-state index in [1.54, 1.807) is 42.6 Å². The summed E-state index contributed by atoms with van der Waals surface area (Å²) in [5, 5.41) is 8.19. The number of amides is 1. The SMILES string of the molecule is CCS(=O)(=O)Nc1ncccc1CNc1nc(Nc2ccc(C(=O)NCc3ccccn3)cc2)ncc1C(F)(F)F. The van der Waals surface area contributed by atoms with E-state index in [-0.39, 0.29) is 36.5 Å². The molecule has 0 aliphatic rings. The molecule has 0 fully saturated rings. The predicted octanol–water partition coefficient (Wildman–Crippen LogP) is 4.33. The third-order valence-corrected chi connectivity index (χ3v) is 6.89. The van der Waals surface area contributed by atoms with Crippen LogP contribution in [0.2, 0.25) is 0 Å². The topological polar surface area (TPSA) is 151 Å². The maximum atomic E-state index is 13.7. The number of halogens is 3. The summed E-state index contributed by atoms with van der Waals surface area (Å²) < 4.78 is 67.3. The zero-order chi connectivity index (χ0) is 29.5. The summed E-state index contributed by atoms with van der Waals surface area (Å²) in [6.45, 7) is 1.48. The van der Waals surface area contributed by atoms with Crippen LogP contribution in [-0.2, 0) is 29.3 Å². The first-order chi connectivity index (χ1) is 19.5. The Labute approximate surface area is 233 Å². The molecule has 4 N–H and O–H groups in total. The fraction of sp³-hybridized carbons (Fsp3) is 0.192. The Bertz CT molecular complexity index is 1600. The fourth-order valence-electron chi connectivity index (χ4n) is 3.47. The van der Waals surface area contributed by atoms with E-state index in [1.807, 2.05) is 6.07 Å². The van der Waals surface area contributed by atoms with Crippen LogP contribution in [0.5, 0.6) is 0 Å². The number of aromatic nitrogens is 4. The molecule has 0 spiro atoms. The zero-order valence-electron chi connectivity index (χ0n) is 21.6. The summed E-state index contributed by atoms with van der Waals surface area (Å²) in [7, 11) is -3.66. The van der Waals surface area contributed by atoms with Crippen LogP contribution in [0.1, 0.15) is 34.1 Å². The molecular formula is C26H25F3N8O3S. The van der Waals surface area contributed by atoms with Crippen molar-refractivity contribution < 1.29 is 26.4 Å². The van der Waals surface area contributed by atoms with Gasteiger partial charge in [-0.05, 0) is 49.4 Å². The van der Waals surface area contributed by atoms with Gasteiger partial charge in [-0.3, -0.25) is 14.5 Å². The first-order valence-corrected chi connectivity index (χ1v) is 13.9. The molecule has 0 bridgehead atoms. The summed E-state index contributed by atoms with van der Waals surface area (Å²) >= 11 is 0. The van der Waals surface area contributed by atoms with Crippen molar-refractivity contribution in [2.75, 3.05) is 21.1 Å². The molecule has 4 aromatic rings. The minimum Gasteiger partial charge on any atom is -0.365 e. The average Bonchev–Trinajstić information content (AvgIpc) is 2.96. The number of pyridine rings is 2. The molecule has 15 heteroatoms. The number of sulfonamides is 1. The summed E-state index contributed by atoms with van der Waals surface area (Å²) in [5.74, 6) is -1.19. The fourth-order valence-corrected chi connectivity index (χ4v) is 4.09. The highest BCUT2D eigenvalue weighted by Crippen LogP contribution is 2.34. The molecule has 0 aliphatic carbocycles. The number of carbonyl (C=O) groups excluding carboxylic acids is 1. The molecule has 214 valence electrons. The van der Waals surface area contributed by atoms with Crippen LogP contribution in [-0.4, -0.2) is 40.0 Å². The highest BCUT2D eigenvalue weighted by atomic mass is 32.2. The molecule has 0 atom stereocenters. The van der Waals surface area contributed by atoms with Crippen LogP contribution in [0.25, 0.3) is 0 Å². The lowest BCUT2D eigenvalue weighted by Crippen LogP contribution is -2.23. The third-order valence-electron chi connectivity index (χ3n) is 5.62. The summed E-state index contributed by atoms with van der Waals surface area (Å²) in [6.07, 6.45) is -1.13. The first-order valence-electron chi connectivity index (χ1n) is 12.2. The van der Waals surface area contributed by atoms with E-state index in [1.165, 1.54) is 25.3 Å². The summed E-state index contributed by atoms with van der Waals surface area (Å²) in [5.41, 5.74) is 0.698. The van der Waals surface area contributed by atoms with E-state index < -0.39 is 27.6 Å². The Morgan fingerprint density at radius 2 is 1.66 bits per heavy atom. The second-order valence-electron chi connectivity index (χ2n) is 8.53. The molecule has 0 saturated carbocycles. The largest absolute Gasteiger partial charge is 0.421 e. The van der Waals surface area contributed by atoms with Gasteiger partial charge in [-0.25, -0.2) is 18.4 Å². The molecule has 1 aromatic carbocycles. The number of benzene rings is 1. The molecule has 3 heterocycles. The molecule has 0 saturated heterocycles. The number of anilines is 4. The smallest absolute Gasteiger partial charge is 0.365 e. The van der Waals surface area contributed by atoms with Crippen LogP contribution in [0, 0.1) is 0 Å². The highest BCUT2D eigenvalue weighted by molar-refractivity contribution is 7.92. The van der Waals surface area contributed by atoms with Crippen molar-refractivity contribution in [3.8, 4) is 0 Å². The lowest BCUT2D eigenvalue weighted by atomic mass is 10.2. The maximum Gasteiger partial charge on any atom is 0.421 e. The van der Waals surface area contributed by atoms with Crippen molar-refractivity contribution in [1.82, 2.24) is 25.3 Å². The Balaban J connectivity index is 1.47. The van der Waals surface area contributed by atoms with E-state index in [0.717, 1.165) is 0 Å².